The second-order valence-electron chi connectivity index (χ2n) is 11.1. The van der Waals surface area contributed by atoms with Crippen LogP contribution in [-0.4, -0.2) is 52.6 Å². The molecule has 1 N–H and O–H groups in total. The van der Waals surface area contributed by atoms with E-state index in [0.717, 1.165) is 50.2 Å². The lowest BCUT2D eigenvalue weighted by atomic mass is 9.72. The predicted octanol–water partition coefficient (Wildman–Crippen LogP) is 5.77. The Balaban J connectivity index is 1.24. The summed E-state index contributed by atoms with van der Waals surface area (Å²) in [4.78, 5) is 29.1. The molecule has 3 aliphatic rings. The van der Waals surface area contributed by atoms with Crippen LogP contribution < -0.4 is 4.74 Å². The molecule has 0 aliphatic carbocycles. The van der Waals surface area contributed by atoms with Crippen molar-refractivity contribution in [1.82, 2.24) is 9.80 Å². The third kappa shape index (κ3) is 4.88. The van der Waals surface area contributed by atoms with Crippen LogP contribution in [0.15, 0.2) is 42.5 Å². The van der Waals surface area contributed by atoms with Gasteiger partial charge in [0.05, 0.1) is 23.1 Å². The Morgan fingerprint density at radius 3 is 2.55 bits per heavy atom. The van der Waals surface area contributed by atoms with E-state index < -0.39 is 29.4 Å². The SMILES string of the molecule is CC(C)C1(CCN2CCC(c3cccc(C(=O)O)c3)CC2)C[C@@H]2Oc3ccc(C(F)(F)F)cc3CN2C1=O. The Bertz CT molecular complexity index is 1220. The van der Waals surface area contributed by atoms with Crippen molar-refractivity contribution in [3.8, 4) is 5.75 Å². The van der Waals surface area contributed by atoms with Crippen LogP contribution in [0.3, 0.4) is 0 Å². The number of carboxylic acid groups (broad SMARTS) is 1. The van der Waals surface area contributed by atoms with Gasteiger partial charge in [0.1, 0.15) is 5.75 Å². The number of nitrogens with zero attached hydrogens (tertiary/aromatic N) is 2. The van der Waals surface area contributed by atoms with Crippen LogP contribution in [0.4, 0.5) is 13.2 Å². The van der Waals surface area contributed by atoms with Crippen LogP contribution >= 0.6 is 0 Å². The molecule has 0 aromatic heterocycles. The first-order valence-corrected chi connectivity index (χ1v) is 13.2. The highest BCUT2D eigenvalue weighted by molar-refractivity contribution is 5.87. The number of carboxylic acids is 1. The monoisotopic (exact) mass is 530 g/mol. The number of halogens is 3. The van der Waals surface area contributed by atoms with Crippen LogP contribution in [-0.2, 0) is 17.5 Å². The minimum atomic E-state index is -4.45. The van der Waals surface area contributed by atoms with E-state index in [1.807, 2.05) is 19.9 Å². The van der Waals surface area contributed by atoms with Gasteiger partial charge in [-0.1, -0.05) is 26.0 Å². The van der Waals surface area contributed by atoms with Gasteiger partial charge in [0.15, 0.2) is 6.23 Å². The zero-order valence-electron chi connectivity index (χ0n) is 21.6. The molecule has 2 fully saturated rings. The Morgan fingerprint density at radius 1 is 1.16 bits per heavy atom. The van der Waals surface area contributed by atoms with Gasteiger partial charge >= 0.3 is 12.1 Å². The third-order valence-corrected chi connectivity index (χ3v) is 8.74. The van der Waals surface area contributed by atoms with E-state index in [9.17, 15) is 27.9 Å². The number of piperidine rings is 1. The predicted molar refractivity (Wildman–Crippen MR) is 135 cm³/mol. The molecule has 204 valence electrons. The van der Waals surface area contributed by atoms with Gasteiger partial charge in [-0.2, -0.15) is 13.2 Å². The van der Waals surface area contributed by atoms with E-state index in [-0.39, 0.29) is 18.4 Å². The molecule has 3 aliphatic heterocycles. The molecule has 2 atom stereocenters. The summed E-state index contributed by atoms with van der Waals surface area (Å²) in [7, 11) is 0. The third-order valence-electron chi connectivity index (χ3n) is 8.74. The Kier molecular flexibility index (Phi) is 6.92. The van der Waals surface area contributed by atoms with Crippen LogP contribution in [0.25, 0.3) is 0 Å². The summed E-state index contributed by atoms with van der Waals surface area (Å²) in [5.41, 5.74) is 0.373. The maximum absolute atomic E-state index is 13.7. The average molecular weight is 531 g/mol. The standard InChI is InChI=1S/C29H33F3N2O4/c1-18(2)28(10-13-33-11-8-19(9-12-33)20-4-3-5-21(14-20)26(35)36)16-25-34(27(28)37)17-22-15-23(29(30,31)32)6-7-24(22)38-25/h3-7,14-15,18-19,25H,8-13,16-17H2,1-2H3,(H,35,36)/t25-,28?/m0/s1. The lowest BCUT2D eigenvalue weighted by Gasteiger charge is -2.37. The number of carbonyl (C=O) groups excluding carboxylic acids is 1. The number of hydrogen-bond acceptors (Lipinski definition) is 4. The zero-order valence-corrected chi connectivity index (χ0v) is 21.6. The largest absolute Gasteiger partial charge is 0.478 e. The van der Waals surface area contributed by atoms with Crippen molar-refractivity contribution in [2.75, 3.05) is 19.6 Å². The van der Waals surface area contributed by atoms with E-state index in [1.54, 1.807) is 23.1 Å². The van der Waals surface area contributed by atoms with Crippen molar-refractivity contribution in [2.45, 2.75) is 64.4 Å². The topological polar surface area (TPSA) is 70.1 Å². The number of likely N-dealkylation sites (tertiary alicyclic amines) is 1. The number of hydrogen-bond donors (Lipinski definition) is 1. The summed E-state index contributed by atoms with van der Waals surface area (Å²) in [6, 6.07) is 10.6. The fourth-order valence-electron chi connectivity index (χ4n) is 6.28. The van der Waals surface area contributed by atoms with Crippen molar-refractivity contribution in [3.05, 3.63) is 64.7 Å². The summed E-state index contributed by atoms with van der Waals surface area (Å²) >= 11 is 0. The highest BCUT2D eigenvalue weighted by Gasteiger charge is 2.55. The fraction of sp³-hybridized carbons (Fsp3) is 0.517. The van der Waals surface area contributed by atoms with E-state index in [4.69, 9.17) is 4.74 Å². The first-order chi connectivity index (χ1) is 18.0. The number of rotatable bonds is 6. The molecule has 0 radical (unpaired) electrons. The van der Waals surface area contributed by atoms with Crippen molar-refractivity contribution in [2.24, 2.45) is 11.3 Å². The fourth-order valence-corrected chi connectivity index (χ4v) is 6.28. The second kappa shape index (κ2) is 9.91. The van der Waals surface area contributed by atoms with Gasteiger partial charge in [-0.25, -0.2) is 4.79 Å². The molecule has 2 aromatic carbocycles. The molecule has 2 saturated heterocycles. The highest BCUT2D eigenvalue weighted by atomic mass is 19.4. The molecule has 38 heavy (non-hydrogen) atoms. The van der Waals surface area contributed by atoms with Crippen LogP contribution in [0, 0.1) is 11.3 Å². The van der Waals surface area contributed by atoms with Gasteiger partial charge in [0.2, 0.25) is 5.91 Å². The number of amides is 1. The lowest BCUT2D eigenvalue weighted by Crippen LogP contribution is -2.44. The molecular formula is C29H33F3N2O4. The van der Waals surface area contributed by atoms with E-state index in [1.165, 1.54) is 6.07 Å². The summed E-state index contributed by atoms with van der Waals surface area (Å²) in [6.07, 6.45) is -1.91. The molecule has 1 amide bonds. The van der Waals surface area contributed by atoms with Gasteiger partial charge in [-0.05, 0) is 86.6 Å². The van der Waals surface area contributed by atoms with Gasteiger partial charge in [0.25, 0.3) is 0 Å². The number of aromatic carboxylic acids is 1. The highest BCUT2D eigenvalue weighted by Crippen LogP contribution is 2.49. The molecule has 0 bridgehead atoms. The number of alkyl halides is 3. The minimum absolute atomic E-state index is 0.0408. The van der Waals surface area contributed by atoms with E-state index in [2.05, 4.69) is 4.90 Å². The number of fused-ring (bicyclic) bond motifs is 2. The molecule has 0 spiro atoms. The zero-order chi connectivity index (χ0) is 27.2. The van der Waals surface area contributed by atoms with Crippen molar-refractivity contribution < 1.29 is 32.6 Å². The summed E-state index contributed by atoms with van der Waals surface area (Å²) in [5, 5.41) is 9.29. The lowest BCUT2D eigenvalue weighted by molar-refractivity contribution is -0.142. The smallest absolute Gasteiger partial charge is 0.416 e. The molecule has 3 heterocycles. The van der Waals surface area contributed by atoms with Crippen LogP contribution in [0.2, 0.25) is 0 Å². The summed E-state index contributed by atoms with van der Waals surface area (Å²) < 4.78 is 45.8. The first-order valence-electron chi connectivity index (χ1n) is 13.2. The van der Waals surface area contributed by atoms with E-state index >= 15 is 0 Å². The van der Waals surface area contributed by atoms with Gasteiger partial charge in [-0.3, -0.25) is 4.79 Å². The van der Waals surface area contributed by atoms with Crippen LogP contribution in [0.1, 0.15) is 72.5 Å². The number of ether oxygens (including phenoxy) is 1. The molecule has 0 saturated carbocycles. The first kappa shape index (κ1) is 26.5. The normalized spacial score (nSPS) is 24.3. The van der Waals surface area contributed by atoms with Gasteiger partial charge in [0, 0.05) is 12.0 Å². The summed E-state index contributed by atoms with van der Waals surface area (Å²) in [5.74, 6) is -0.190. The second-order valence-corrected chi connectivity index (χ2v) is 11.1. The van der Waals surface area contributed by atoms with Crippen molar-refractivity contribution in [3.63, 3.8) is 0 Å². The number of carbonyl (C=O) groups is 2. The average Bonchev–Trinajstić information content (AvgIpc) is 3.17. The molecule has 5 rings (SSSR count). The maximum Gasteiger partial charge on any atom is 0.416 e. The summed E-state index contributed by atoms with van der Waals surface area (Å²) in [6.45, 7) is 6.66. The maximum atomic E-state index is 13.7. The quantitative estimate of drug-likeness (QED) is 0.514. The van der Waals surface area contributed by atoms with E-state index in [0.29, 0.717) is 35.6 Å². The molecular weight excluding hydrogens is 497 g/mol. The molecule has 6 nitrogen and oxygen atoms in total. The minimum Gasteiger partial charge on any atom is -0.478 e. The van der Waals surface area contributed by atoms with Gasteiger partial charge in [-0.15, -0.1) is 0 Å². The van der Waals surface area contributed by atoms with Crippen molar-refractivity contribution in [1.29, 1.82) is 0 Å². The Labute approximate surface area is 220 Å². The Hall–Kier alpha value is -3.07. The Morgan fingerprint density at radius 2 is 1.89 bits per heavy atom. The number of benzene rings is 2. The molecule has 1 unspecified atom stereocenters. The molecule has 9 heteroatoms. The van der Waals surface area contributed by atoms with Gasteiger partial charge < -0.3 is 19.6 Å². The van der Waals surface area contributed by atoms with Crippen LogP contribution in [0.5, 0.6) is 5.75 Å². The van der Waals surface area contributed by atoms with Crippen molar-refractivity contribution >= 4 is 11.9 Å². The molecule has 2 aromatic rings.